The van der Waals surface area contributed by atoms with Gasteiger partial charge in [-0.15, -0.1) is 0 Å². The standard InChI is InChI=1S/C22H18ClN3O2/c1-27-17-5-2-14(3-6-17)19-13-20-18-12-16(23)4-7-21(18)28-22(26(20)25-19)15-8-10-24-11-9-15/h2-12,20,22H,13H2,1H3. The molecule has 3 heterocycles. The maximum atomic E-state index is 6.32. The fourth-order valence-corrected chi connectivity index (χ4v) is 3.94. The molecule has 2 aromatic carbocycles. The first-order chi connectivity index (χ1) is 13.7. The molecular formula is C22H18ClN3O2. The van der Waals surface area contributed by atoms with Crippen molar-refractivity contribution >= 4 is 17.3 Å². The molecule has 0 aliphatic carbocycles. The third kappa shape index (κ3) is 2.88. The number of fused-ring (bicyclic) bond motifs is 3. The second-order valence-corrected chi connectivity index (χ2v) is 7.24. The van der Waals surface area contributed by atoms with Crippen molar-refractivity contribution in [1.82, 2.24) is 9.99 Å². The van der Waals surface area contributed by atoms with E-state index in [2.05, 4.69) is 4.98 Å². The summed E-state index contributed by atoms with van der Waals surface area (Å²) in [6, 6.07) is 17.8. The third-order valence-corrected chi connectivity index (χ3v) is 5.40. The number of hydrogen-bond acceptors (Lipinski definition) is 5. The quantitative estimate of drug-likeness (QED) is 0.631. The maximum absolute atomic E-state index is 6.32. The molecule has 5 nitrogen and oxygen atoms in total. The number of hydrogen-bond donors (Lipinski definition) is 0. The number of methoxy groups -OCH3 is 1. The average molecular weight is 392 g/mol. The average Bonchev–Trinajstić information content (AvgIpc) is 3.20. The van der Waals surface area contributed by atoms with Crippen LogP contribution in [0.15, 0.2) is 72.1 Å². The zero-order valence-corrected chi connectivity index (χ0v) is 16.0. The minimum atomic E-state index is -0.308. The van der Waals surface area contributed by atoms with Gasteiger partial charge in [-0.1, -0.05) is 11.6 Å². The molecule has 3 aromatic rings. The number of pyridine rings is 1. The molecule has 2 atom stereocenters. The number of ether oxygens (including phenoxy) is 2. The van der Waals surface area contributed by atoms with Crippen LogP contribution in [0.1, 0.15) is 35.4 Å². The number of halogens is 1. The molecule has 0 bridgehead atoms. The summed E-state index contributed by atoms with van der Waals surface area (Å²) in [6.45, 7) is 0. The predicted molar refractivity (Wildman–Crippen MR) is 108 cm³/mol. The van der Waals surface area contributed by atoms with E-state index in [1.807, 2.05) is 59.6 Å². The zero-order valence-electron chi connectivity index (χ0n) is 15.2. The van der Waals surface area contributed by atoms with Crippen LogP contribution in [0.25, 0.3) is 0 Å². The smallest absolute Gasteiger partial charge is 0.213 e. The number of hydrazone groups is 1. The second-order valence-electron chi connectivity index (χ2n) is 6.81. The van der Waals surface area contributed by atoms with Crippen LogP contribution in [-0.4, -0.2) is 22.8 Å². The van der Waals surface area contributed by atoms with Crippen molar-refractivity contribution in [3.05, 3.63) is 88.7 Å². The van der Waals surface area contributed by atoms with Crippen molar-refractivity contribution in [1.29, 1.82) is 0 Å². The highest BCUT2D eigenvalue weighted by Gasteiger charge is 2.41. The Hall–Kier alpha value is -3.05. The molecule has 2 unspecified atom stereocenters. The molecule has 28 heavy (non-hydrogen) atoms. The van der Waals surface area contributed by atoms with Crippen LogP contribution in [0.2, 0.25) is 5.02 Å². The molecule has 2 aliphatic heterocycles. The van der Waals surface area contributed by atoms with Crippen LogP contribution >= 0.6 is 11.6 Å². The van der Waals surface area contributed by atoms with Gasteiger partial charge in [-0.25, -0.2) is 5.01 Å². The Balaban J connectivity index is 1.57. The molecule has 0 saturated carbocycles. The van der Waals surface area contributed by atoms with E-state index in [9.17, 15) is 0 Å². The SMILES string of the molecule is COc1ccc(C2=NN3C(C2)c2cc(Cl)ccc2OC3c2ccncc2)cc1. The molecular weight excluding hydrogens is 374 g/mol. The molecule has 2 aliphatic rings. The maximum Gasteiger partial charge on any atom is 0.213 e. The van der Waals surface area contributed by atoms with E-state index in [4.69, 9.17) is 26.2 Å². The lowest BCUT2D eigenvalue weighted by Crippen LogP contribution is -2.33. The van der Waals surface area contributed by atoms with Gasteiger partial charge in [-0.2, -0.15) is 5.10 Å². The Morgan fingerprint density at radius 2 is 1.86 bits per heavy atom. The summed E-state index contributed by atoms with van der Waals surface area (Å²) < 4.78 is 11.6. The lowest BCUT2D eigenvalue weighted by molar-refractivity contribution is -0.0190. The summed E-state index contributed by atoms with van der Waals surface area (Å²) in [5, 5.41) is 7.67. The van der Waals surface area contributed by atoms with Crippen molar-refractivity contribution in [2.24, 2.45) is 5.10 Å². The molecule has 5 rings (SSSR count). The molecule has 0 fully saturated rings. The van der Waals surface area contributed by atoms with E-state index >= 15 is 0 Å². The molecule has 6 heteroatoms. The van der Waals surface area contributed by atoms with Gasteiger partial charge in [0.25, 0.3) is 0 Å². The van der Waals surface area contributed by atoms with Gasteiger partial charge in [0.1, 0.15) is 11.5 Å². The van der Waals surface area contributed by atoms with Gasteiger partial charge in [0.05, 0.1) is 18.9 Å². The van der Waals surface area contributed by atoms with Crippen LogP contribution in [0.3, 0.4) is 0 Å². The van der Waals surface area contributed by atoms with Gasteiger partial charge in [-0.05, 0) is 60.2 Å². The van der Waals surface area contributed by atoms with E-state index in [1.165, 1.54) is 0 Å². The summed E-state index contributed by atoms with van der Waals surface area (Å²) >= 11 is 6.27. The summed E-state index contributed by atoms with van der Waals surface area (Å²) in [7, 11) is 1.67. The van der Waals surface area contributed by atoms with Gasteiger partial charge >= 0.3 is 0 Å². The van der Waals surface area contributed by atoms with E-state index < -0.39 is 0 Å². The number of nitrogens with zero attached hydrogens (tertiary/aromatic N) is 3. The Labute approximate surface area is 168 Å². The third-order valence-electron chi connectivity index (χ3n) is 5.17. The van der Waals surface area contributed by atoms with Crippen LogP contribution in [0, 0.1) is 0 Å². The van der Waals surface area contributed by atoms with Crippen molar-refractivity contribution in [2.75, 3.05) is 7.11 Å². The molecule has 140 valence electrons. The molecule has 0 N–H and O–H groups in total. The number of benzene rings is 2. The topological polar surface area (TPSA) is 47.0 Å². The highest BCUT2D eigenvalue weighted by molar-refractivity contribution is 6.30. The monoisotopic (exact) mass is 391 g/mol. The van der Waals surface area contributed by atoms with Crippen LogP contribution in [0.5, 0.6) is 11.5 Å². The largest absolute Gasteiger partial charge is 0.497 e. The van der Waals surface area contributed by atoms with E-state index in [1.54, 1.807) is 19.5 Å². The molecule has 1 aromatic heterocycles. The fraction of sp³-hybridized carbons (Fsp3) is 0.182. The Bertz CT molecular complexity index is 1040. The van der Waals surface area contributed by atoms with Crippen LogP contribution < -0.4 is 9.47 Å². The van der Waals surface area contributed by atoms with Gasteiger partial charge < -0.3 is 9.47 Å². The highest BCUT2D eigenvalue weighted by Crippen LogP contribution is 2.48. The summed E-state index contributed by atoms with van der Waals surface area (Å²) in [6.07, 6.45) is 4.02. The van der Waals surface area contributed by atoms with E-state index in [-0.39, 0.29) is 12.3 Å². The highest BCUT2D eigenvalue weighted by atomic mass is 35.5. The first-order valence-electron chi connectivity index (χ1n) is 9.09. The minimum absolute atomic E-state index is 0.0673. The van der Waals surface area contributed by atoms with Crippen LogP contribution in [-0.2, 0) is 0 Å². The first-order valence-corrected chi connectivity index (χ1v) is 9.47. The predicted octanol–water partition coefficient (Wildman–Crippen LogP) is 4.99. The van der Waals surface area contributed by atoms with E-state index in [0.29, 0.717) is 5.02 Å². The van der Waals surface area contributed by atoms with Gasteiger partial charge in [0.2, 0.25) is 6.23 Å². The molecule has 0 radical (unpaired) electrons. The van der Waals surface area contributed by atoms with E-state index in [0.717, 1.165) is 40.3 Å². The summed E-state index contributed by atoms with van der Waals surface area (Å²) in [4.78, 5) is 4.12. The van der Waals surface area contributed by atoms with Crippen molar-refractivity contribution in [2.45, 2.75) is 18.7 Å². The molecule has 0 saturated heterocycles. The Kier molecular flexibility index (Phi) is 4.17. The first kappa shape index (κ1) is 17.1. The lowest BCUT2D eigenvalue weighted by atomic mass is 9.96. The van der Waals surface area contributed by atoms with Crippen molar-refractivity contribution in [3.63, 3.8) is 0 Å². The fourth-order valence-electron chi connectivity index (χ4n) is 3.76. The van der Waals surface area contributed by atoms with Gasteiger partial charge in [0.15, 0.2) is 0 Å². The summed E-state index contributed by atoms with van der Waals surface area (Å²) in [5.41, 5.74) is 4.17. The second kappa shape index (κ2) is 6.84. The number of aromatic nitrogens is 1. The Morgan fingerprint density at radius 3 is 2.61 bits per heavy atom. The van der Waals surface area contributed by atoms with Crippen molar-refractivity contribution in [3.8, 4) is 11.5 Å². The Morgan fingerprint density at radius 1 is 1.07 bits per heavy atom. The number of rotatable bonds is 3. The van der Waals surface area contributed by atoms with Crippen LogP contribution in [0.4, 0.5) is 0 Å². The lowest BCUT2D eigenvalue weighted by Gasteiger charge is -2.38. The normalized spacial score (nSPS) is 20.1. The van der Waals surface area contributed by atoms with Gasteiger partial charge in [0, 0.05) is 35.0 Å². The minimum Gasteiger partial charge on any atom is -0.497 e. The van der Waals surface area contributed by atoms with Gasteiger partial charge in [-0.3, -0.25) is 4.98 Å². The molecule has 0 amide bonds. The van der Waals surface area contributed by atoms with Crippen molar-refractivity contribution < 1.29 is 9.47 Å². The molecule has 0 spiro atoms. The summed E-state index contributed by atoms with van der Waals surface area (Å²) in [5.74, 6) is 1.67. The zero-order chi connectivity index (χ0) is 19.1.